The monoisotopic (exact) mass is 503 g/mol. The van der Waals surface area contributed by atoms with E-state index in [1.165, 1.54) is 0 Å². The van der Waals surface area contributed by atoms with E-state index in [2.05, 4.69) is 30.4 Å². The molecule has 0 aromatic heterocycles. The molecule has 3 rings (SSSR count). The van der Waals surface area contributed by atoms with E-state index in [9.17, 15) is 14.7 Å². The van der Waals surface area contributed by atoms with Gasteiger partial charge < -0.3 is 5.32 Å². The number of nitriles is 2. The third-order valence-corrected chi connectivity index (χ3v) is 7.59. The Labute approximate surface area is 216 Å². The first-order valence-corrected chi connectivity index (χ1v) is 13.4. The molecule has 0 saturated carbocycles. The Morgan fingerprint density at radius 2 is 1.66 bits per heavy atom. The van der Waals surface area contributed by atoms with Crippen LogP contribution in [0.5, 0.6) is 0 Å². The predicted molar refractivity (Wildman–Crippen MR) is 143 cm³/mol. The van der Waals surface area contributed by atoms with Crippen molar-refractivity contribution in [1.82, 2.24) is 5.32 Å². The summed E-state index contributed by atoms with van der Waals surface area (Å²) in [6, 6.07) is 27.6. The lowest BCUT2D eigenvalue weighted by molar-refractivity contribution is 0.281. The lowest BCUT2D eigenvalue weighted by Gasteiger charge is -2.36. The third kappa shape index (κ3) is 6.80. The minimum Gasteiger partial charge on any atom is -0.305 e. The van der Waals surface area contributed by atoms with Crippen LogP contribution >= 0.6 is 11.6 Å². The van der Waals surface area contributed by atoms with Crippen LogP contribution in [0.15, 0.2) is 77.7 Å². The topological polar surface area (TPSA) is 76.7 Å². The van der Waals surface area contributed by atoms with Gasteiger partial charge in [-0.2, -0.15) is 10.5 Å². The van der Waals surface area contributed by atoms with Gasteiger partial charge in [-0.1, -0.05) is 48.0 Å². The van der Waals surface area contributed by atoms with Crippen LogP contribution in [0.1, 0.15) is 55.0 Å². The molecule has 180 valence electrons. The van der Waals surface area contributed by atoms with E-state index in [0.29, 0.717) is 10.6 Å². The molecule has 4 nitrogen and oxygen atoms in total. The summed E-state index contributed by atoms with van der Waals surface area (Å²) in [6.07, 6.45) is 2.40. The molecule has 0 radical (unpaired) electrons. The zero-order valence-electron chi connectivity index (χ0n) is 20.5. The van der Waals surface area contributed by atoms with Crippen LogP contribution in [0.25, 0.3) is 0 Å². The van der Waals surface area contributed by atoms with Crippen LogP contribution < -0.4 is 5.32 Å². The van der Waals surface area contributed by atoms with Crippen molar-refractivity contribution in [2.24, 2.45) is 5.41 Å². The Kier molecular flexibility index (Phi) is 8.87. The minimum absolute atomic E-state index is 0.0303. The number of nitrogens with zero attached hydrogens (tertiary/aromatic N) is 2. The minimum atomic E-state index is -1.07. The fourth-order valence-corrected chi connectivity index (χ4v) is 4.96. The van der Waals surface area contributed by atoms with Crippen molar-refractivity contribution in [3.63, 3.8) is 0 Å². The molecule has 1 N–H and O–H groups in total. The highest BCUT2D eigenvalue weighted by Gasteiger charge is 2.34. The van der Waals surface area contributed by atoms with Crippen molar-refractivity contribution in [3.8, 4) is 12.1 Å². The Morgan fingerprint density at radius 1 is 1.00 bits per heavy atom. The highest BCUT2D eigenvalue weighted by Crippen LogP contribution is 2.36. The number of halogens is 1. The van der Waals surface area contributed by atoms with Crippen molar-refractivity contribution in [2.45, 2.75) is 50.1 Å². The quantitative estimate of drug-likeness (QED) is 0.359. The van der Waals surface area contributed by atoms with Gasteiger partial charge in [0, 0.05) is 38.9 Å². The Balaban J connectivity index is 1.99. The zero-order chi connectivity index (χ0) is 25.6. The molecular weight excluding hydrogens is 474 g/mol. The fourth-order valence-electron chi connectivity index (χ4n) is 4.31. The number of hydrogen-bond donors (Lipinski definition) is 1. The number of benzene rings is 3. The van der Waals surface area contributed by atoms with E-state index in [0.717, 1.165) is 28.0 Å². The Morgan fingerprint density at radius 3 is 2.23 bits per heavy atom. The first-order chi connectivity index (χ1) is 16.6. The van der Waals surface area contributed by atoms with Crippen LogP contribution in [0.3, 0.4) is 0 Å². The summed E-state index contributed by atoms with van der Waals surface area (Å²) in [7, 11) is -1.07. The second kappa shape index (κ2) is 11.6. The van der Waals surface area contributed by atoms with Gasteiger partial charge in [-0.15, -0.1) is 0 Å². The van der Waals surface area contributed by atoms with E-state index < -0.39 is 16.2 Å². The predicted octanol–water partition coefficient (Wildman–Crippen LogP) is 6.54. The molecule has 3 aromatic rings. The van der Waals surface area contributed by atoms with Gasteiger partial charge in [0.15, 0.2) is 0 Å². The van der Waals surface area contributed by atoms with Gasteiger partial charge in [0.25, 0.3) is 0 Å². The fraction of sp³-hybridized carbons (Fsp3) is 0.310. The second-order valence-corrected chi connectivity index (χ2v) is 11.2. The molecule has 0 bridgehead atoms. The first kappa shape index (κ1) is 26.6. The van der Waals surface area contributed by atoms with Crippen LogP contribution in [0.2, 0.25) is 5.02 Å². The zero-order valence-corrected chi connectivity index (χ0v) is 22.0. The highest BCUT2D eigenvalue weighted by molar-refractivity contribution is 7.84. The number of nitrogens with one attached hydrogen (secondary N) is 1. The Bertz CT molecular complexity index is 1260. The molecule has 6 heteroatoms. The van der Waals surface area contributed by atoms with Crippen molar-refractivity contribution in [3.05, 3.63) is 100 Å². The normalized spacial score (nSPS) is 14.8. The summed E-state index contributed by atoms with van der Waals surface area (Å²) < 4.78 is 11.9. The average molecular weight is 504 g/mol. The van der Waals surface area contributed by atoms with Crippen LogP contribution in [0, 0.1) is 28.1 Å². The highest BCUT2D eigenvalue weighted by atomic mass is 35.5. The molecule has 4 atom stereocenters. The van der Waals surface area contributed by atoms with E-state index >= 15 is 0 Å². The van der Waals surface area contributed by atoms with E-state index in [1.807, 2.05) is 80.6 Å². The lowest BCUT2D eigenvalue weighted by atomic mass is 9.79. The van der Waals surface area contributed by atoms with Crippen LogP contribution in [0.4, 0.5) is 0 Å². The Hall–Kier alpha value is -2.96. The van der Waals surface area contributed by atoms with Crippen LogP contribution in [-0.4, -0.2) is 16.5 Å². The third-order valence-electron chi connectivity index (χ3n) is 6.40. The largest absolute Gasteiger partial charge is 0.305 e. The summed E-state index contributed by atoms with van der Waals surface area (Å²) in [5, 5.41) is 23.9. The van der Waals surface area contributed by atoms with Gasteiger partial charge in [-0.25, -0.2) is 0 Å². The molecule has 0 aliphatic heterocycles. The molecule has 3 aromatic carbocycles. The van der Waals surface area contributed by atoms with E-state index in [4.69, 9.17) is 11.6 Å². The van der Waals surface area contributed by atoms with Gasteiger partial charge in [0.05, 0.1) is 29.2 Å². The lowest BCUT2D eigenvalue weighted by Crippen LogP contribution is -2.42. The SMILES string of the molecule is C[C@H](NC(c1ccc(S(C)=O)cc1)C(C)(C)C#N)[C@@H](Cc1ccc(Cl)cc1)c1cccc(C#N)c1. The molecule has 2 unspecified atom stereocenters. The van der Waals surface area contributed by atoms with Gasteiger partial charge in [0.2, 0.25) is 0 Å². The van der Waals surface area contributed by atoms with Gasteiger partial charge in [-0.3, -0.25) is 4.21 Å². The van der Waals surface area contributed by atoms with Gasteiger partial charge in [-0.05, 0) is 80.3 Å². The van der Waals surface area contributed by atoms with Gasteiger partial charge in [0.1, 0.15) is 0 Å². The maximum absolute atomic E-state index is 11.9. The molecular formula is C29H30ClN3OS. The maximum atomic E-state index is 11.9. The van der Waals surface area contributed by atoms with Crippen molar-refractivity contribution in [1.29, 1.82) is 10.5 Å². The summed E-state index contributed by atoms with van der Waals surface area (Å²) >= 11 is 6.10. The molecule has 0 amide bonds. The summed E-state index contributed by atoms with van der Waals surface area (Å²) in [5.41, 5.74) is 3.09. The molecule has 0 aliphatic rings. The smallest absolute Gasteiger partial charge is 0.0991 e. The number of hydrogen-bond acceptors (Lipinski definition) is 4. The van der Waals surface area contributed by atoms with Crippen molar-refractivity contribution >= 4 is 22.4 Å². The number of rotatable bonds is 9. The van der Waals surface area contributed by atoms with Crippen LogP contribution in [-0.2, 0) is 17.2 Å². The average Bonchev–Trinajstić information content (AvgIpc) is 2.86. The van der Waals surface area contributed by atoms with E-state index in [-0.39, 0.29) is 18.0 Å². The van der Waals surface area contributed by atoms with Crippen molar-refractivity contribution < 1.29 is 4.21 Å². The molecule has 0 fully saturated rings. The summed E-state index contributed by atoms with van der Waals surface area (Å²) in [4.78, 5) is 0.754. The molecule has 0 spiro atoms. The first-order valence-electron chi connectivity index (χ1n) is 11.5. The van der Waals surface area contributed by atoms with E-state index in [1.54, 1.807) is 6.26 Å². The standard InChI is InChI=1S/C29H30ClN3OS/c1-20(33-28(29(2,3)19-32)23-10-14-26(15-11-23)35(4)34)27(17-21-8-12-25(30)13-9-21)24-7-5-6-22(16-24)18-31/h5-16,20,27-28,33H,17H2,1-4H3/t20-,27+,28?,35?/m0/s1. The molecule has 0 heterocycles. The molecule has 0 saturated heterocycles. The molecule has 35 heavy (non-hydrogen) atoms. The van der Waals surface area contributed by atoms with Crippen molar-refractivity contribution in [2.75, 3.05) is 6.26 Å². The maximum Gasteiger partial charge on any atom is 0.0991 e. The molecule has 0 aliphatic carbocycles. The summed E-state index contributed by atoms with van der Waals surface area (Å²) in [6.45, 7) is 5.97. The van der Waals surface area contributed by atoms with Gasteiger partial charge >= 0.3 is 0 Å². The second-order valence-electron chi connectivity index (χ2n) is 9.42. The summed E-state index contributed by atoms with van der Waals surface area (Å²) in [5.74, 6) is 0.0453.